The molecule has 0 aromatic carbocycles. The van der Waals surface area contributed by atoms with Gasteiger partial charge in [-0.05, 0) is 13.0 Å². The van der Waals surface area contributed by atoms with Crippen molar-refractivity contribution in [3.63, 3.8) is 0 Å². The first-order valence-electron chi connectivity index (χ1n) is 5.59. The van der Waals surface area contributed by atoms with Crippen molar-refractivity contribution >= 4 is 28.8 Å². The number of nitrogens with one attached hydrogen (secondary N) is 1. The molecule has 0 fully saturated rings. The van der Waals surface area contributed by atoms with Crippen LogP contribution in [0.2, 0.25) is 4.34 Å². The van der Waals surface area contributed by atoms with E-state index in [0.717, 1.165) is 16.0 Å². The summed E-state index contributed by atoms with van der Waals surface area (Å²) < 4.78 is 2.24. The van der Waals surface area contributed by atoms with E-state index < -0.39 is 0 Å². The van der Waals surface area contributed by atoms with Gasteiger partial charge in [0, 0.05) is 18.1 Å². The zero-order valence-electron chi connectivity index (χ0n) is 10.5. The van der Waals surface area contributed by atoms with E-state index >= 15 is 0 Å². The van der Waals surface area contributed by atoms with E-state index in [-0.39, 0.29) is 12.5 Å². The molecule has 0 aliphatic carbocycles. The second-order valence-corrected chi connectivity index (χ2v) is 5.75. The molecule has 0 aliphatic heterocycles. The van der Waals surface area contributed by atoms with Gasteiger partial charge in [0.25, 0.3) is 0 Å². The minimum Gasteiger partial charge on any atom is -0.358 e. The van der Waals surface area contributed by atoms with Gasteiger partial charge in [-0.15, -0.1) is 11.3 Å². The molecule has 1 amide bonds. The molecular formula is C13H12ClN3OS. The van der Waals surface area contributed by atoms with Crippen molar-refractivity contribution in [3.05, 3.63) is 38.8 Å². The van der Waals surface area contributed by atoms with Crippen LogP contribution in [0.15, 0.2) is 18.5 Å². The lowest BCUT2D eigenvalue weighted by Crippen LogP contribution is -2.23. The lowest BCUT2D eigenvalue weighted by atomic mass is 10.3. The first-order chi connectivity index (χ1) is 9.08. The molecule has 1 N–H and O–H groups in total. The van der Waals surface area contributed by atoms with Gasteiger partial charge in [0.05, 0.1) is 17.3 Å². The van der Waals surface area contributed by atoms with Crippen LogP contribution in [-0.4, -0.2) is 22.7 Å². The average Bonchev–Trinajstić information content (AvgIpc) is 2.93. The number of hydrogen-bond donors (Lipinski definition) is 1. The maximum Gasteiger partial charge on any atom is 0.241 e. The first kappa shape index (κ1) is 13.7. The van der Waals surface area contributed by atoms with Gasteiger partial charge in [0.2, 0.25) is 5.91 Å². The van der Waals surface area contributed by atoms with Crippen LogP contribution in [0.3, 0.4) is 0 Å². The minimum absolute atomic E-state index is 0.0980. The van der Waals surface area contributed by atoms with E-state index in [4.69, 9.17) is 11.6 Å². The zero-order chi connectivity index (χ0) is 13.8. The van der Waals surface area contributed by atoms with Gasteiger partial charge in [-0.3, -0.25) is 9.48 Å². The Morgan fingerprint density at radius 3 is 3.00 bits per heavy atom. The summed E-state index contributed by atoms with van der Waals surface area (Å²) in [7, 11) is 1.59. The number of aryl methyl sites for hydroxylation is 1. The fraction of sp³-hybridized carbons (Fsp3) is 0.231. The Morgan fingerprint density at radius 2 is 2.37 bits per heavy atom. The van der Waals surface area contributed by atoms with Crippen molar-refractivity contribution in [2.24, 2.45) is 0 Å². The van der Waals surface area contributed by atoms with Crippen molar-refractivity contribution in [2.45, 2.75) is 13.5 Å². The highest BCUT2D eigenvalue weighted by Crippen LogP contribution is 2.26. The van der Waals surface area contributed by atoms with Crippen LogP contribution >= 0.6 is 22.9 Å². The third-order valence-corrected chi connectivity index (χ3v) is 3.64. The van der Waals surface area contributed by atoms with E-state index in [1.54, 1.807) is 24.1 Å². The molecule has 0 saturated heterocycles. The highest BCUT2D eigenvalue weighted by Gasteiger charge is 2.03. The third-order valence-electron chi connectivity index (χ3n) is 2.37. The predicted octanol–water partition coefficient (Wildman–Crippen LogP) is 2.05. The summed E-state index contributed by atoms with van der Waals surface area (Å²) in [4.78, 5) is 12.3. The standard InChI is InChI=1S/C13H12ClN3OS/c1-9-5-11(13(14)19-9)4-3-10-6-16-17(7-10)8-12(18)15-2/h5-7H,8H2,1-2H3,(H,15,18). The smallest absolute Gasteiger partial charge is 0.241 e. The third kappa shape index (κ3) is 3.60. The molecule has 2 heterocycles. The van der Waals surface area contributed by atoms with Crippen molar-refractivity contribution in [1.82, 2.24) is 15.1 Å². The second kappa shape index (κ2) is 5.91. The number of hydrogen-bond acceptors (Lipinski definition) is 3. The minimum atomic E-state index is -0.0980. The number of likely N-dealkylation sites (N-methyl/N-ethyl adjacent to an activating group) is 1. The van der Waals surface area contributed by atoms with Crippen LogP contribution in [0, 0.1) is 18.8 Å². The van der Waals surface area contributed by atoms with Crippen molar-refractivity contribution in [2.75, 3.05) is 7.05 Å². The molecule has 0 saturated carbocycles. The van der Waals surface area contributed by atoms with Crippen LogP contribution in [0.4, 0.5) is 0 Å². The number of amides is 1. The fourth-order valence-corrected chi connectivity index (χ4v) is 2.60. The number of carbonyl (C=O) groups excluding carboxylic acids is 1. The molecule has 98 valence electrons. The molecule has 0 atom stereocenters. The summed E-state index contributed by atoms with van der Waals surface area (Å²) in [5.74, 6) is 5.89. The van der Waals surface area contributed by atoms with Gasteiger partial charge < -0.3 is 5.32 Å². The number of thiophene rings is 1. The molecule has 0 bridgehead atoms. The second-order valence-electron chi connectivity index (χ2n) is 3.89. The van der Waals surface area contributed by atoms with Gasteiger partial charge >= 0.3 is 0 Å². The maximum absolute atomic E-state index is 11.2. The normalized spacial score (nSPS) is 9.84. The summed E-state index contributed by atoms with van der Waals surface area (Å²) in [6.07, 6.45) is 3.36. The van der Waals surface area contributed by atoms with E-state index in [0.29, 0.717) is 4.34 Å². The summed E-state index contributed by atoms with van der Waals surface area (Å²) in [6.45, 7) is 2.18. The Bertz CT molecular complexity index is 663. The largest absolute Gasteiger partial charge is 0.358 e. The van der Waals surface area contributed by atoms with Gasteiger partial charge in [-0.25, -0.2) is 0 Å². The van der Waals surface area contributed by atoms with Crippen molar-refractivity contribution in [1.29, 1.82) is 0 Å². The fourth-order valence-electron chi connectivity index (χ4n) is 1.45. The van der Waals surface area contributed by atoms with E-state index in [9.17, 15) is 4.79 Å². The van der Waals surface area contributed by atoms with Crippen LogP contribution in [-0.2, 0) is 11.3 Å². The number of aromatic nitrogens is 2. The van der Waals surface area contributed by atoms with Crippen LogP contribution in [0.5, 0.6) is 0 Å². The Morgan fingerprint density at radius 1 is 1.58 bits per heavy atom. The quantitative estimate of drug-likeness (QED) is 0.862. The maximum atomic E-state index is 11.2. The zero-order valence-corrected chi connectivity index (χ0v) is 12.1. The molecular weight excluding hydrogens is 282 g/mol. The average molecular weight is 294 g/mol. The highest BCUT2D eigenvalue weighted by atomic mass is 35.5. The topological polar surface area (TPSA) is 46.9 Å². The molecule has 2 aromatic heterocycles. The SMILES string of the molecule is CNC(=O)Cn1cc(C#Cc2cc(C)sc2Cl)cn1. The van der Waals surface area contributed by atoms with Crippen molar-refractivity contribution < 1.29 is 4.79 Å². The summed E-state index contributed by atoms with van der Waals surface area (Å²) in [6, 6.07) is 1.95. The van der Waals surface area contributed by atoms with Gasteiger partial charge in [0.15, 0.2) is 0 Å². The number of nitrogens with zero attached hydrogens (tertiary/aromatic N) is 2. The van der Waals surface area contributed by atoms with E-state index in [1.165, 1.54) is 11.3 Å². The van der Waals surface area contributed by atoms with Gasteiger partial charge in [-0.1, -0.05) is 23.4 Å². The Labute approximate surface area is 120 Å². The number of rotatable bonds is 2. The predicted molar refractivity (Wildman–Crippen MR) is 76.3 cm³/mol. The van der Waals surface area contributed by atoms with Crippen LogP contribution in [0.25, 0.3) is 0 Å². The summed E-state index contributed by atoms with van der Waals surface area (Å²) in [5, 5.41) is 6.61. The Balaban J connectivity index is 2.12. The molecule has 6 heteroatoms. The van der Waals surface area contributed by atoms with E-state index in [1.807, 2.05) is 13.0 Å². The molecule has 2 rings (SSSR count). The summed E-state index contributed by atoms with van der Waals surface area (Å²) >= 11 is 7.56. The summed E-state index contributed by atoms with van der Waals surface area (Å²) in [5.41, 5.74) is 1.58. The first-order valence-corrected chi connectivity index (χ1v) is 6.79. The molecule has 19 heavy (non-hydrogen) atoms. The van der Waals surface area contributed by atoms with Gasteiger partial charge in [-0.2, -0.15) is 5.10 Å². The van der Waals surface area contributed by atoms with E-state index in [2.05, 4.69) is 22.3 Å². The molecule has 0 spiro atoms. The lowest BCUT2D eigenvalue weighted by molar-refractivity contribution is -0.121. The monoisotopic (exact) mass is 293 g/mol. The number of halogens is 1. The molecule has 0 radical (unpaired) electrons. The molecule has 0 aliphatic rings. The lowest BCUT2D eigenvalue weighted by Gasteiger charge is -1.97. The molecule has 0 unspecified atom stereocenters. The Hall–Kier alpha value is -1.77. The van der Waals surface area contributed by atoms with Crippen molar-refractivity contribution in [3.8, 4) is 11.8 Å². The van der Waals surface area contributed by atoms with Crippen LogP contribution in [0.1, 0.15) is 16.0 Å². The Kier molecular flexibility index (Phi) is 4.25. The number of carbonyl (C=O) groups is 1. The van der Waals surface area contributed by atoms with Crippen LogP contribution < -0.4 is 5.32 Å². The highest BCUT2D eigenvalue weighted by molar-refractivity contribution is 7.16. The molecule has 2 aromatic rings. The molecule has 4 nitrogen and oxygen atoms in total. The van der Waals surface area contributed by atoms with Gasteiger partial charge in [0.1, 0.15) is 10.9 Å².